The molecule has 2 aromatic rings. The number of fused-ring (bicyclic) bond motifs is 1. The molecule has 0 amide bonds. The highest BCUT2D eigenvalue weighted by atomic mass is 32.2. The Balaban J connectivity index is 1.50. The number of ketones is 1. The highest BCUT2D eigenvalue weighted by Gasteiger charge is 2.33. The van der Waals surface area contributed by atoms with Crippen LogP contribution < -0.4 is 4.31 Å². The molecule has 1 fully saturated rings. The van der Waals surface area contributed by atoms with E-state index < -0.39 is 10.0 Å². The summed E-state index contributed by atoms with van der Waals surface area (Å²) in [7, 11) is -3.32. The van der Waals surface area contributed by atoms with Gasteiger partial charge >= 0.3 is 0 Å². The number of hydrogen-bond donors (Lipinski definition) is 0. The molecule has 1 atom stereocenters. The summed E-state index contributed by atoms with van der Waals surface area (Å²) in [6, 6.07) is 5.64. The van der Waals surface area contributed by atoms with Gasteiger partial charge in [-0.3, -0.25) is 9.10 Å². The van der Waals surface area contributed by atoms with Gasteiger partial charge < -0.3 is 4.57 Å². The number of nitrogens with zero attached hydrogens (tertiary/aromatic N) is 4. The predicted molar refractivity (Wildman–Crippen MR) is 105 cm³/mol. The molecule has 1 aliphatic heterocycles. The average molecular weight is 407 g/mol. The monoisotopic (exact) mass is 406 g/mol. The highest BCUT2D eigenvalue weighted by molar-refractivity contribution is 7.99. The third-order valence-electron chi connectivity index (χ3n) is 4.99. The van der Waals surface area contributed by atoms with Crippen LogP contribution in [0.2, 0.25) is 0 Å². The summed E-state index contributed by atoms with van der Waals surface area (Å²) < 4.78 is 27.6. The van der Waals surface area contributed by atoms with E-state index in [0.29, 0.717) is 23.7 Å². The number of hydrogen-bond acceptors (Lipinski definition) is 6. The molecule has 1 saturated carbocycles. The van der Waals surface area contributed by atoms with Crippen molar-refractivity contribution in [3.8, 4) is 0 Å². The Morgan fingerprint density at radius 1 is 1.30 bits per heavy atom. The van der Waals surface area contributed by atoms with E-state index in [1.807, 2.05) is 19.9 Å². The number of thioether (sulfide) groups is 1. The van der Waals surface area contributed by atoms with Crippen LogP contribution in [0.1, 0.15) is 47.6 Å². The molecule has 1 aromatic heterocycles. The Labute approximate surface area is 163 Å². The number of carbonyl (C=O) groups is 1. The first kappa shape index (κ1) is 18.5. The minimum atomic E-state index is -3.32. The van der Waals surface area contributed by atoms with E-state index in [0.717, 1.165) is 29.4 Å². The van der Waals surface area contributed by atoms with Gasteiger partial charge in [-0.05, 0) is 56.9 Å². The molecule has 9 heteroatoms. The van der Waals surface area contributed by atoms with Crippen LogP contribution in [-0.4, -0.2) is 47.0 Å². The molecule has 144 valence electrons. The van der Waals surface area contributed by atoms with Crippen LogP contribution >= 0.6 is 11.8 Å². The number of aryl methyl sites for hydroxylation is 1. The predicted octanol–water partition coefficient (Wildman–Crippen LogP) is 2.61. The van der Waals surface area contributed by atoms with Crippen LogP contribution in [0.15, 0.2) is 23.4 Å². The van der Waals surface area contributed by atoms with Gasteiger partial charge in [0.2, 0.25) is 10.0 Å². The fourth-order valence-corrected chi connectivity index (χ4v) is 5.91. The molecular formula is C18H22N4O3S2. The lowest BCUT2D eigenvalue weighted by molar-refractivity contribution is 0.102. The molecule has 0 saturated heterocycles. The van der Waals surface area contributed by atoms with Crippen LogP contribution in [0, 0.1) is 6.92 Å². The largest absolute Gasteiger partial charge is 0.303 e. The summed E-state index contributed by atoms with van der Waals surface area (Å²) in [5.74, 6) is 1.19. The first-order valence-corrected chi connectivity index (χ1v) is 11.8. The van der Waals surface area contributed by atoms with E-state index in [4.69, 9.17) is 0 Å². The summed E-state index contributed by atoms with van der Waals surface area (Å²) in [6.45, 7) is 3.82. The van der Waals surface area contributed by atoms with E-state index in [2.05, 4.69) is 14.8 Å². The molecule has 0 unspecified atom stereocenters. The Morgan fingerprint density at radius 3 is 2.70 bits per heavy atom. The van der Waals surface area contributed by atoms with Crippen LogP contribution in [-0.2, 0) is 16.4 Å². The lowest BCUT2D eigenvalue weighted by Crippen LogP contribution is -2.34. The highest BCUT2D eigenvalue weighted by Crippen LogP contribution is 2.39. The first-order chi connectivity index (χ1) is 12.8. The standard InChI is InChI=1S/C18H22N4O3S2/c1-11-8-14-9-13(4-7-16(14)22(11)27(3,24)25)17(23)10-26-18-20-19-12(2)21(18)15-5-6-15/h4,7,9,11,15H,5-6,8,10H2,1-3H3/t11-/m0/s1. The zero-order valence-electron chi connectivity index (χ0n) is 15.5. The quantitative estimate of drug-likeness (QED) is 0.541. The Hall–Kier alpha value is -1.87. The number of benzene rings is 1. The van der Waals surface area contributed by atoms with E-state index in [1.165, 1.54) is 22.3 Å². The number of sulfonamides is 1. The SMILES string of the molecule is Cc1nnc(SCC(=O)c2ccc3c(c2)C[C@H](C)N3S(C)(=O)=O)n1C1CC1. The van der Waals surface area contributed by atoms with Crippen molar-refractivity contribution in [2.75, 3.05) is 16.3 Å². The maximum atomic E-state index is 12.7. The topological polar surface area (TPSA) is 85.2 Å². The van der Waals surface area contributed by atoms with Gasteiger partial charge in [0.05, 0.1) is 17.7 Å². The van der Waals surface area contributed by atoms with Gasteiger partial charge in [-0.25, -0.2) is 8.42 Å². The summed E-state index contributed by atoms with van der Waals surface area (Å²) >= 11 is 1.41. The Morgan fingerprint density at radius 2 is 2.04 bits per heavy atom. The van der Waals surface area contributed by atoms with Gasteiger partial charge in [0.1, 0.15) is 5.82 Å². The summed E-state index contributed by atoms with van der Waals surface area (Å²) in [5.41, 5.74) is 2.19. The normalized spacial score (nSPS) is 19.4. The molecule has 7 nitrogen and oxygen atoms in total. The van der Waals surface area contributed by atoms with Crippen molar-refractivity contribution >= 4 is 33.3 Å². The molecule has 0 bridgehead atoms. The first-order valence-electron chi connectivity index (χ1n) is 8.95. The zero-order chi connectivity index (χ0) is 19.3. The van der Waals surface area contributed by atoms with Crippen LogP contribution in [0.5, 0.6) is 0 Å². The lowest BCUT2D eigenvalue weighted by atomic mass is 10.0. The van der Waals surface area contributed by atoms with Crippen molar-refractivity contribution in [2.45, 2.75) is 50.4 Å². The number of carbonyl (C=O) groups excluding carboxylic acids is 1. The molecule has 0 N–H and O–H groups in total. The number of rotatable bonds is 6. The van der Waals surface area contributed by atoms with Crippen molar-refractivity contribution < 1.29 is 13.2 Å². The molecule has 2 heterocycles. The van der Waals surface area contributed by atoms with E-state index >= 15 is 0 Å². The summed E-state index contributed by atoms with van der Waals surface area (Å²) in [5, 5.41) is 9.12. The summed E-state index contributed by atoms with van der Waals surface area (Å²) in [6.07, 6.45) is 4.11. The minimum absolute atomic E-state index is 0.0104. The molecule has 0 radical (unpaired) electrons. The lowest BCUT2D eigenvalue weighted by Gasteiger charge is -2.21. The van der Waals surface area contributed by atoms with Crippen molar-refractivity contribution in [3.63, 3.8) is 0 Å². The second kappa shape index (κ2) is 6.63. The third-order valence-corrected chi connectivity index (χ3v) is 7.21. The van der Waals surface area contributed by atoms with Gasteiger partial charge in [0.15, 0.2) is 10.9 Å². The summed E-state index contributed by atoms with van der Waals surface area (Å²) in [4.78, 5) is 12.7. The fourth-order valence-electron chi connectivity index (χ4n) is 3.70. The molecule has 1 aliphatic carbocycles. The van der Waals surface area contributed by atoms with Gasteiger partial charge in [0.25, 0.3) is 0 Å². The van der Waals surface area contributed by atoms with Crippen molar-refractivity contribution in [1.82, 2.24) is 14.8 Å². The van der Waals surface area contributed by atoms with Crippen LogP contribution in [0.4, 0.5) is 5.69 Å². The fraction of sp³-hybridized carbons (Fsp3) is 0.500. The van der Waals surface area contributed by atoms with E-state index in [-0.39, 0.29) is 17.6 Å². The van der Waals surface area contributed by atoms with Crippen LogP contribution in [0.3, 0.4) is 0 Å². The molecule has 4 rings (SSSR count). The van der Waals surface area contributed by atoms with E-state index in [9.17, 15) is 13.2 Å². The molecule has 1 aromatic carbocycles. The van der Waals surface area contributed by atoms with Gasteiger partial charge in [-0.2, -0.15) is 0 Å². The number of Topliss-reactive ketones (excluding diaryl/α,β-unsaturated/α-hetero) is 1. The third kappa shape index (κ3) is 3.50. The molecule has 2 aliphatic rings. The van der Waals surface area contributed by atoms with Gasteiger partial charge in [-0.15, -0.1) is 10.2 Å². The molecular weight excluding hydrogens is 384 g/mol. The Bertz CT molecular complexity index is 1010. The molecule has 0 spiro atoms. The maximum absolute atomic E-state index is 12.7. The zero-order valence-corrected chi connectivity index (χ0v) is 17.2. The minimum Gasteiger partial charge on any atom is -0.303 e. The smallest absolute Gasteiger partial charge is 0.232 e. The van der Waals surface area contributed by atoms with Crippen molar-refractivity contribution in [3.05, 3.63) is 35.2 Å². The Kier molecular flexibility index (Phi) is 4.54. The average Bonchev–Trinajstić information content (AvgIpc) is 3.26. The maximum Gasteiger partial charge on any atom is 0.232 e. The van der Waals surface area contributed by atoms with Gasteiger partial charge in [0, 0.05) is 17.6 Å². The van der Waals surface area contributed by atoms with E-state index in [1.54, 1.807) is 12.1 Å². The number of anilines is 1. The van der Waals surface area contributed by atoms with Crippen LogP contribution in [0.25, 0.3) is 0 Å². The van der Waals surface area contributed by atoms with Crippen molar-refractivity contribution in [2.24, 2.45) is 0 Å². The molecule has 27 heavy (non-hydrogen) atoms. The number of aromatic nitrogens is 3. The second-order valence-electron chi connectivity index (χ2n) is 7.30. The van der Waals surface area contributed by atoms with Crippen molar-refractivity contribution in [1.29, 1.82) is 0 Å². The van der Waals surface area contributed by atoms with Gasteiger partial charge in [-0.1, -0.05) is 11.8 Å². The second-order valence-corrected chi connectivity index (χ2v) is 10.1.